The van der Waals surface area contributed by atoms with Gasteiger partial charge in [0.05, 0.1) is 11.4 Å². The zero-order valence-electron chi connectivity index (χ0n) is 12.1. The van der Waals surface area contributed by atoms with E-state index in [1.165, 1.54) is 16.7 Å². The van der Waals surface area contributed by atoms with E-state index in [0.717, 1.165) is 0 Å². The lowest BCUT2D eigenvalue weighted by atomic mass is 10.1. The lowest BCUT2D eigenvalue weighted by Crippen LogP contribution is -2.22. The summed E-state index contributed by atoms with van der Waals surface area (Å²) < 4.78 is 19.9. The molecule has 0 unspecified atom stereocenters. The van der Waals surface area contributed by atoms with E-state index in [2.05, 4.69) is 4.98 Å². The fraction of sp³-hybridized carbons (Fsp3) is 0.188. The van der Waals surface area contributed by atoms with Crippen molar-refractivity contribution in [3.05, 3.63) is 62.7 Å². The first-order chi connectivity index (χ1) is 10.5. The largest absolute Gasteiger partial charge is 0.439 e. The molecule has 0 fully saturated rings. The second kappa shape index (κ2) is 5.22. The highest BCUT2D eigenvalue weighted by Gasteiger charge is 2.15. The number of fused-ring (bicyclic) bond motifs is 1. The van der Waals surface area contributed by atoms with Gasteiger partial charge in [-0.3, -0.25) is 4.79 Å². The van der Waals surface area contributed by atoms with E-state index >= 15 is 0 Å². The molecule has 3 rings (SSSR count). The molecule has 0 N–H and O–H groups in total. The van der Waals surface area contributed by atoms with Crippen LogP contribution in [0.15, 0.2) is 44.3 Å². The molecule has 0 atom stereocenters. The predicted molar refractivity (Wildman–Crippen MR) is 80.3 cm³/mol. The summed E-state index contributed by atoms with van der Waals surface area (Å²) in [4.78, 5) is 27.8. The minimum Gasteiger partial charge on any atom is -0.408 e. The van der Waals surface area contributed by atoms with Crippen molar-refractivity contribution >= 4 is 11.0 Å². The molecule has 0 aliphatic carbocycles. The second-order valence-corrected chi connectivity index (χ2v) is 4.92. The fourth-order valence-electron chi connectivity index (χ4n) is 2.49. The van der Waals surface area contributed by atoms with Crippen LogP contribution in [0.4, 0.5) is 4.39 Å². The number of rotatable bonds is 2. The van der Waals surface area contributed by atoms with Crippen LogP contribution in [0.5, 0.6) is 0 Å². The Hall–Kier alpha value is -2.76. The quantitative estimate of drug-likeness (QED) is 0.728. The van der Waals surface area contributed by atoms with E-state index in [9.17, 15) is 14.0 Å². The summed E-state index contributed by atoms with van der Waals surface area (Å²) in [6.07, 6.45) is 0.441. The number of nitrogens with zero attached hydrogens (tertiary/aromatic N) is 2. The molecule has 0 aliphatic heterocycles. The van der Waals surface area contributed by atoms with Crippen molar-refractivity contribution in [1.82, 2.24) is 9.55 Å². The molecule has 0 amide bonds. The van der Waals surface area contributed by atoms with E-state index in [0.29, 0.717) is 23.4 Å². The Balaban J connectivity index is 2.42. The van der Waals surface area contributed by atoms with Crippen molar-refractivity contribution in [3.8, 4) is 11.3 Å². The zero-order valence-corrected chi connectivity index (χ0v) is 12.1. The Kier molecular flexibility index (Phi) is 3.36. The third-order valence-electron chi connectivity index (χ3n) is 3.56. The highest BCUT2D eigenvalue weighted by Crippen LogP contribution is 2.22. The van der Waals surface area contributed by atoms with E-state index in [1.54, 1.807) is 32.2 Å². The molecule has 0 spiro atoms. The van der Waals surface area contributed by atoms with Gasteiger partial charge in [0, 0.05) is 18.7 Å². The van der Waals surface area contributed by atoms with Crippen LogP contribution in [0.1, 0.15) is 12.6 Å². The highest BCUT2D eigenvalue weighted by atomic mass is 19.1. The Labute approximate surface area is 124 Å². The minimum absolute atomic E-state index is 0.166. The molecule has 112 valence electrons. The standard InChI is InChI=1S/C16H13FN2O3/c1-3-11-14-13(22-16(21)18-11)8-12(19(2)15(14)20)9-5-4-6-10(17)7-9/h4-8H,3H2,1-2H3. The van der Waals surface area contributed by atoms with Crippen LogP contribution in [-0.4, -0.2) is 9.55 Å². The van der Waals surface area contributed by atoms with E-state index in [1.807, 2.05) is 0 Å². The predicted octanol–water partition coefficient (Wildman–Crippen LogP) is 2.26. The van der Waals surface area contributed by atoms with Crippen LogP contribution < -0.4 is 11.3 Å². The zero-order chi connectivity index (χ0) is 15.9. The first-order valence-corrected chi connectivity index (χ1v) is 6.81. The van der Waals surface area contributed by atoms with Crippen molar-refractivity contribution in [2.45, 2.75) is 13.3 Å². The van der Waals surface area contributed by atoms with E-state index in [-0.39, 0.29) is 16.5 Å². The number of hydrogen-bond donors (Lipinski definition) is 0. The van der Waals surface area contributed by atoms with Gasteiger partial charge in [-0.15, -0.1) is 0 Å². The molecule has 1 aromatic carbocycles. The van der Waals surface area contributed by atoms with Gasteiger partial charge in [0.2, 0.25) is 0 Å². The maximum Gasteiger partial charge on any atom is 0.439 e. The number of hydrogen-bond acceptors (Lipinski definition) is 4. The van der Waals surface area contributed by atoms with E-state index in [4.69, 9.17) is 4.42 Å². The van der Waals surface area contributed by atoms with Crippen LogP contribution in [0.3, 0.4) is 0 Å². The van der Waals surface area contributed by atoms with Crippen molar-refractivity contribution < 1.29 is 8.81 Å². The molecular weight excluding hydrogens is 287 g/mol. The molecule has 0 aliphatic rings. The molecule has 6 heteroatoms. The van der Waals surface area contributed by atoms with Crippen molar-refractivity contribution in [2.75, 3.05) is 0 Å². The molecule has 0 saturated carbocycles. The van der Waals surface area contributed by atoms with Crippen molar-refractivity contribution in [2.24, 2.45) is 7.05 Å². The van der Waals surface area contributed by atoms with Gasteiger partial charge in [-0.05, 0) is 18.6 Å². The topological polar surface area (TPSA) is 65.1 Å². The fourth-order valence-corrected chi connectivity index (χ4v) is 2.49. The number of benzene rings is 1. The van der Waals surface area contributed by atoms with Crippen LogP contribution in [0.2, 0.25) is 0 Å². The Morgan fingerprint density at radius 1 is 1.27 bits per heavy atom. The Bertz CT molecular complexity index is 989. The van der Waals surface area contributed by atoms with Crippen molar-refractivity contribution in [3.63, 3.8) is 0 Å². The van der Waals surface area contributed by atoms with Crippen LogP contribution in [-0.2, 0) is 13.5 Å². The summed E-state index contributed by atoms with van der Waals surface area (Å²) in [5, 5.41) is 0.282. The third kappa shape index (κ3) is 2.22. The maximum atomic E-state index is 13.4. The minimum atomic E-state index is -0.747. The summed E-state index contributed by atoms with van der Waals surface area (Å²) >= 11 is 0. The van der Waals surface area contributed by atoms with Gasteiger partial charge in [-0.25, -0.2) is 9.18 Å². The summed E-state index contributed by atoms with van der Waals surface area (Å²) in [5.41, 5.74) is 1.23. The van der Waals surface area contributed by atoms with Gasteiger partial charge in [-0.2, -0.15) is 4.98 Å². The summed E-state index contributed by atoms with van der Waals surface area (Å²) in [5.74, 6) is -1.15. The lowest BCUT2D eigenvalue weighted by molar-refractivity contribution is 0.525. The molecule has 0 bridgehead atoms. The molecule has 2 aromatic heterocycles. The first-order valence-electron chi connectivity index (χ1n) is 6.81. The number of halogens is 1. The molecular formula is C16H13FN2O3. The summed E-state index contributed by atoms with van der Waals surface area (Å²) in [6.45, 7) is 1.81. The molecule has 0 saturated heterocycles. The maximum absolute atomic E-state index is 13.4. The van der Waals surface area contributed by atoms with Gasteiger partial charge in [0.15, 0.2) is 0 Å². The highest BCUT2D eigenvalue weighted by molar-refractivity contribution is 5.82. The normalized spacial score (nSPS) is 11.0. The van der Waals surface area contributed by atoms with Gasteiger partial charge in [0.1, 0.15) is 16.8 Å². The first kappa shape index (κ1) is 14.2. The Morgan fingerprint density at radius 3 is 2.73 bits per heavy atom. The van der Waals surface area contributed by atoms with Gasteiger partial charge in [0.25, 0.3) is 5.56 Å². The summed E-state index contributed by atoms with van der Waals surface area (Å²) in [7, 11) is 1.59. The molecule has 5 nitrogen and oxygen atoms in total. The summed E-state index contributed by atoms with van der Waals surface area (Å²) in [6, 6.07) is 7.44. The van der Waals surface area contributed by atoms with E-state index < -0.39 is 11.6 Å². The van der Waals surface area contributed by atoms with Crippen LogP contribution in [0, 0.1) is 5.82 Å². The average Bonchev–Trinajstić information content (AvgIpc) is 2.49. The van der Waals surface area contributed by atoms with Crippen molar-refractivity contribution in [1.29, 1.82) is 0 Å². The van der Waals surface area contributed by atoms with Gasteiger partial charge < -0.3 is 8.98 Å². The molecule has 0 radical (unpaired) electrons. The van der Waals surface area contributed by atoms with Gasteiger partial charge >= 0.3 is 5.76 Å². The lowest BCUT2D eigenvalue weighted by Gasteiger charge is -2.11. The number of aryl methyl sites for hydroxylation is 1. The molecule has 22 heavy (non-hydrogen) atoms. The second-order valence-electron chi connectivity index (χ2n) is 4.92. The monoisotopic (exact) mass is 300 g/mol. The average molecular weight is 300 g/mol. The van der Waals surface area contributed by atoms with Crippen LogP contribution >= 0.6 is 0 Å². The number of pyridine rings is 1. The smallest absolute Gasteiger partial charge is 0.408 e. The molecule has 2 heterocycles. The SMILES string of the molecule is CCc1nc(=O)oc2cc(-c3cccc(F)c3)n(C)c(=O)c12. The number of aromatic nitrogens is 2. The molecule has 3 aromatic rings. The Morgan fingerprint density at radius 2 is 2.05 bits per heavy atom. The van der Waals surface area contributed by atoms with Gasteiger partial charge in [-0.1, -0.05) is 19.1 Å². The third-order valence-corrected chi connectivity index (χ3v) is 3.56. The van der Waals surface area contributed by atoms with Crippen LogP contribution in [0.25, 0.3) is 22.2 Å².